The molecule has 0 aliphatic carbocycles. The van der Waals surface area contributed by atoms with E-state index in [-0.39, 0.29) is 10.8 Å². The maximum absolute atomic E-state index is 10.4. The lowest BCUT2D eigenvalue weighted by Gasteiger charge is -2.29. The zero-order valence-corrected chi connectivity index (χ0v) is 30.2. The van der Waals surface area contributed by atoms with Crippen LogP contribution >= 0.6 is 0 Å². The summed E-state index contributed by atoms with van der Waals surface area (Å²) in [4.78, 5) is 0. The van der Waals surface area contributed by atoms with Crippen LogP contribution in [0, 0.1) is 27.7 Å². The van der Waals surface area contributed by atoms with Crippen molar-refractivity contribution in [3.8, 4) is 23.0 Å². The molecule has 0 fully saturated rings. The van der Waals surface area contributed by atoms with Crippen molar-refractivity contribution in [3.63, 3.8) is 0 Å². The Balaban J connectivity index is 0.000000254. The van der Waals surface area contributed by atoms with Gasteiger partial charge in [-0.2, -0.15) is 0 Å². The summed E-state index contributed by atoms with van der Waals surface area (Å²) in [7, 11) is 0. The van der Waals surface area contributed by atoms with Crippen molar-refractivity contribution in [1.82, 2.24) is 0 Å². The van der Waals surface area contributed by atoms with Crippen molar-refractivity contribution in [2.45, 2.75) is 120 Å². The molecule has 0 amide bonds. The molecule has 4 aromatic rings. The van der Waals surface area contributed by atoms with E-state index < -0.39 is 0 Å². The van der Waals surface area contributed by atoms with Crippen LogP contribution in [0.3, 0.4) is 0 Å². The molecule has 46 heavy (non-hydrogen) atoms. The lowest BCUT2D eigenvalue weighted by molar-refractivity contribution is 0.460. The van der Waals surface area contributed by atoms with E-state index in [1.807, 2.05) is 52.0 Å². The minimum Gasteiger partial charge on any atom is -0.507 e. The van der Waals surface area contributed by atoms with E-state index in [0.29, 0.717) is 23.0 Å². The van der Waals surface area contributed by atoms with Gasteiger partial charge in [0, 0.05) is 10.8 Å². The molecule has 4 rings (SSSR count). The average Bonchev–Trinajstić information content (AvgIpc) is 3.02. The molecule has 4 aromatic carbocycles. The number of hydrogen-bond acceptors (Lipinski definition) is 4. The zero-order chi connectivity index (χ0) is 34.7. The molecule has 0 unspecified atom stereocenters. The van der Waals surface area contributed by atoms with Crippen LogP contribution in [0.2, 0.25) is 0 Å². The lowest BCUT2D eigenvalue weighted by Crippen LogP contribution is -2.20. The van der Waals surface area contributed by atoms with Gasteiger partial charge in [0.05, 0.1) is 0 Å². The maximum atomic E-state index is 10.4. The Morgan fingerprint density at radius 2 is 0.565 bits per heavy atom. The molecule has 0 spiro atoms. The maximum Gasteiger partial charge on any atom is 0.121 e. The van der Waals surface area contributed by atoms with E-state index in [2.05, 4.69) is 79.7 Å². The van der Waals surface area contributed by atoms with Crippen molar-refractivity contribution >= 4 is 0 Å². The Hall–Kier alpha value is -3.92. The van der Waals surface area contributed by atoms with Crippen molar-refractivity contribution in [3.05, 3.63) is 115 Å². The first-order chi connectivity index (χ1) is 21.4. The molecule has 0 aromatic heterocycles. The molecule has 0 atom stereocenters. The van der Waals surface area contributed by atoms with Crippen LogP contribution in [0.15, 0.2) is 48.5 Å². The van der Waals surface area contributed by atoms with Crippen molar-refractivity contribution < 1.29 is 20.4 Å². The van der Waals surface area contributed by atoms with Crippen LogP contribution < -0.4 is 0 Å². The highest BCUT2D eigenvalue weighted by Gasteiger charge is 2.28. The van der Waals surface area contributed by atoms with Gasteiger partial charge in [-0.05, 0) is 120 Å². The van der Waals surface area contributed by atoms with Crippen LogP contribution in [-0.4, -0.2) is 20.4 Å². The molecule has 0 saturated heterocycles. The fraction of sp³-hybridized carbons (Fsp3) is 0.429. The Bertz CT molecular complexity index is 1490. The van der Waals surface area contributed by atoms with Crippen LogP contribution in [-0.2, 0) is 36.5 Å². The highest BCUT2D eigenvalue weighted by Crippen LogP contribution is 2.40. The van der Waals surface area contributed by atoms with Crippen LogP contribution in [0.4, 0.5) is 0 Å². The van der Waals surface area contributed by atoms with Gasteiger partial charge in [-0.1, -0.05) is 104 Å². The summed E-state index contributed by atoms with van der Waals surface area (Å²) >= 11 is 0. The summed E-state index contributed by atoms with van der Waals surface area (Å²) in [6.07, 6.45) is 3.27. The smallest absolute Gasteiger partial charge is 0.121 e. The molecule has 4 heteroatoms. The highest BCUT2D eigenvalue weighted by atomic mass is 16.3. The number of phenolic OH excluding ortho intramolecular Hbond substituents is 4. The lowest BCUT2D eigenvalue weighted by atomic mass is 9.75. The van der Waals surface area contributed by atoms with Crippen LogP contribution in [0.25, 0.3) is 0 Å². The third-order valence-electron chi connectivity index (χ3n) is 9.93. The van der Waals surface area contributed by atoms with Gasteiger partial charge in [0.2, 0.25) is 0 Å². The summed E-state index contributed by atoms with van der Waals surface area (Å²) in [5, 5.41) is 40.8. The molecule has 0 radical (unpaired) electrons. The second kappa shape index (κ2) is 14.2. The first kappa shape index (κ1) is 36.5. The number of rotatable bonds is 8. The van der Waals surface area contributed by atoms with Gasteiger partial charge < -0.3 is 20.4 Å². The van der Waals surface area contributed by atoms with E-state index >= 15 is 0 Å². The Kier molecular flexibility index (Phi) is 11.3. The fourth-order valence-corrected chi connectivity index (χ4v) is 6.29. The quantitative estimate of drug-likeness (QED) is 0.157. The monoisotopic (exact) mass is 624 g/mol. The molecule has 4 N–H and O–H groups in total. The standard InChI is InChI=1S/C23H32O2.C19H24O2/c1-7-15-11-19(12-16(8-2)21(15)24)23(5,6)20-13-17(9-3)22(25)18(10-4)14-20;1-11-7-15(8-12(2)17(11)20)19(5,6)16-9-13(3)18(21)14(4)10-16/h11-14,24-25H,7-10H2,1-6H3;7-10,20-21H,1-6H3. The molecular weight excluding hydrogens is 568 g/mol. The molecule has 4 nitrogen and oxygen atoms in total. The van der Waals surface area contributed by atoms with Crippen LogP contribution in [0.5, 0.6) is 23.0 Å². The van der Waals surface area contributed by atoms with Crippen molar-refractivity contribution in [1.29, 1.82) is 0 Å². The third kappa shape index (κ3) is 7.22. The van der Waals surface area contributed by atoms with Gasteiger partial charge in [0.25, 0.3) is 0 Å². The van der Waals surface area contributed by atoms with Gasteiger partial charge in [0.15, 0.2) is 0 Å². The second-order valence-corrected chi connectivity index (χ2v) is 13.9. The van der Waals surface area contributed by atoms with E-state index in [4.69, 9.17) is 0 Å². The molecule has 248 valence electrons. The van der Waals surface area contributed by atoms with Gasteiger partial charge in [0.1, 0.15) is 23.0 Å². The fourth-order valence-electron chi connectivity index (χ4n) is 6.29. The number of benzene rings is 4. The number of aromatic hydroxyl groups is 4. The third-order valence-corrected chi connectivity index (χ3v) is 9.93. The summed E-state index contributed by atoms with van der Waals surface area (Å²) in [5.74, 6) is 1.62. The summed E-state index contributed by atoms with van der Waals surface area (Å²) in [6.45, 7) is 24.8. The Morgan fingerprint density at radius 3 is 0.761 bits per heavy atom. The van der Waals surface area contributed by atoms with E-state index in [1.165, 1.54) is 22.3 Å². The normalized spacial score (nSPS) is 11.7. The SMILES string of the molecule is CCc1cc(C(C)(C)c2cc(CC)c(O)c(CC)c2)cc(CC)c1O.Cc1cc(C(C)(C)c2cc(C)c(O)c(C)c2)cc(C)c1O. The van der Waals surface area contributed by atoms with Crippen molar-refractivity contribution in [2.24, 2.45) is 0 Å². The molecule has 0 bridgehead atoms. The van der Waals surface area contributed by atoms with Crippen LogP contribution in [0.1, 0.15) is 122 Å². The van der Waals surface area contributed by atoms with E-state index in [0.717, 1.165) is 70.2 Å². The predicted molar refractivity (Wildman–Crippen MR) is 193 cm³/mol. The van der Waals surface area contributed by atoms with Gasteiger partial charge in [-0.25, -0.2) is 0 Å². The topological polar surface area (TPSA) is 80.9 Å². The summed E-state index contributed by atoms with van der Waals surface area (Å²) in [5.41, 5.74) is 12.0. The van der Waals surface area contributed by atoms with Gasteiger partial charge >= 0.3 is 0 Å². The molecule has 0 heterocycles. The minimum atomic E-state index is -0.191. The van der Waals surface area contributed by atoms with Gasteiger partial charge in [-0.15, -0.1) is 0 Å². The highest BCUT2D eigenvalue weighted by molar-refractivity contribution is 5.53. The largest absolute Gasteiger partial charge is 0.507 e. The first-order valence-electron chi connectivity index (χ1n) is 16.8. The number of aryl methyl sites for hydroxylation is 8. The average molecular weight is 625 g/mol. The number of phenols is 4. The Morgan fingerprint density at radius 1 is 0.370 bits per heavy atom. The molecule has 0 aliphatic heterocycles. The minimum absolute atomic E-state index is 0.188. The predicted octanol–water partition coefficient (Wildman–Crippen LogP) is 10.3. The zero-order valence-electron chi connectivity index (χ0n) is 30.2. The summed E-state index contributed by atoms with van der Waals surface area (Å²) in [6, 6.07) is 16.7. The Labute approximate surface area is 277 Å². The molecule has 0 aliphatic rings. The van der Waals surface area contributed by atoms with E-state index in [9.17, 15) is 20.4 Å². The van der Waals surface area contributed by atoms with Gasteiger partial charge in [-0.3, -0.25) is 0 Å². The molecule has 0 saturated carbocycles. The number of hydrogen-bond donors (Lipinski definition) is 4. The first-order valence-corrected chi connectivity index (χ1v) is 16.8. The molecular formula is C42H56O4. The van der Waals surface area contributed by atoms with E-state index in [1.54, 1.807) is 0 Å². The summed E-state index contributed by atoms with van der Waals surface area (Å²) < 4.78 is 0. The second-order valence-electron chi connectivity index (χ2n) is 13.9. The van der Waals surface area contributed by atoms with Crippen molar-refractivity contribution in [2.75, 3.05) is 0 Å².